The van der Waals surface area contributed by atoms with E-state index in [1.165, 1.54) is 6.07 Å². The molecule has 0 N–H and O–H groups in total. The van der Waals surface area contributed by atoms with E-state index in [-0.39, 0.29) is 17.2 Å². The topological polar surface area (TPSA) is 18.5 Å². The normalized spacial score (nSPS) is 12.3. The first-order chi connectivity index (χ1) is 18.7. The summed E-state index contributed by atoms with van der Waals surface area (Å²) in [6.07, 6.45) is 13.7. The van der Waals surface area contributed by atoms with Crippen molar-refractivity contribution in [2.24, 2.45) is 11.8 Å². The third-order valence-corrected chi connectivity index (χ3v) is 6.80. The van der Waals surface area contributed by atoms with Gasteiger partial charge >= 0.3 is 0 Å². The van der Waals surface area contributed by atoms with Crippen LogP contribution < -0.4 is 9.47 Å². The van der Waals surface area contributed by atoms with E-state index in [1.54, 1.807) is 6.07 Å². The molecular weight excluding hydrogens is 511 g/mol. The van der Waals surface area contributed by atoms with E-state index in [9.17, 15) is 22.0 Å². The molecule has 0 aliphatic carbocycles. The number of halogens is 5. The van der Waals surface area contributed by atoms with Gasteiger partial charge in [-0.15, -0.1) is 6.42 Å². The van der Waals surface area contributed by atoms with Crippen molar-refractivity contribution in [2.45, 2.75) is 79.1 Å². The van der Waals surface area contributed by atoms with Crippen LogP contribution in [0.2, 0.25) is 0 Å². The smallest absolute Gasteiger partial charge is 0.200 e. The second kappa shape index (κ2) is 16.0. The van der Waals surface area contributed by atoms with Crippen LogP contribution >= 0.6 is 0 Å². The summed E-state index contributed by atoms with van der Waals surface area (Å²) in [5, 5.41) is 0. The number of hydrogen-bond donors (Lipinski definition) is 0. The highest BCUT2D eigenvalue weighted by Gasteiger charge is 2.25. The predicted octanol–water partition coefficient (Wildman–Crippen LogP) is 8.95. The van der Waals surface area contributed by atoms with Crippen molar-refractivity contribution in [1.29, 1.82) is 0 Å². The molecule has 0 amide bonds. The van der Waals surface area contributed by atoms with Crippen molar-refractivity contribution >= 4 is 0 Å². The van der Waals surface area contributed by atoms with Crippen LogP contribution in [0.25, 0.3) is 0 Å². The van der Waals surface area contributed by atoms with Crippen LogP contribution in [0.5, 0.6) is 11.5 Å². The van der Waals surface area contributed by atoms with E-state index in [1.807, 2.05) is 0 Å². The van der Waals surface area contributed by atoms with Gasteiger partial charge in [0.15, 0.2) is 23.3 Å². The summed E-state index contributed by atoms with van der Waals surface area (Å²) in [7, 11) is 0. The van der Waals surface area contributed by atoms with E-state index in [0.717, 1.165) is 51.4 Å². The maximum Gasteiger partial charge on any atom is 0.200 e. The molecule has 0 radical (unpaired) electrons. The summed E-state index contributed by atoms with van der Waals surface area (Å²) in [4.78, 5) is 0. The van der Waals surface area contributed by atoms with Gasteiger partial charge < -0.3 is 9.47 Å². The molecule has 0 bridgehead atoms. The van der Waals surface area contributed by atoms with Crippen molar-refractivity contribution in [3.05, 3.63) is 57.9 Å². The van der Waals surface area contributed by atoms with Crippen LogP contribution in [0.1, 0.15) is 95.8 Å². The van der Waals surface area contributed by atoms with Gasteiger partial charge in [0, 0.05) is 12.1 Å². The lowest BCUT2D eigenvalue weighted by Gasteiger charge is -2.19. The second-order valence-corrected chi connectivity index (χ2v) is 9.64. The number of hydrogen-bond acceptors (Lipinski definition) is 2. The summed E-state index contributed by atoms with van der Waals surface area (Å²) in [6, 6.07) is 3.07. The molecule has 2 aromatic carbocycles. The molecule has 2 atom stereocenters. The van der Waals surface area contributed by atoms with Crippen LogP contribution in [0, 0.1) is 65.1 Å². The first-order valence-electron chi connectivity index (χ1n) is 13.7. The molecule has 0 aliphatic rings. The maximum absolute atomic E-state index is 14.3. The largest absolute Gasteiger partial charge is 0.492 e. The van der Waals surface area contributed by atoms with E-state index in [2.05, 4.69) is 45.5 Å². The van der Waals surface area contributed by atoms with Crippen LogP contribution in [-0.2, 0) is 0 Å². The minimum atomic E-state index is -2.24. The van der Waals surface area contributed by atoms with Crippen molar-refractivity contribution in [3.63, 3.8) is 0 Å². The van der Waals surface area contributed by atoms with Crippen LogP contribution in [0.4, 0.5) is 22.0 Å². The van der Waals surface area contributed by atoms with Crippen LogP contribution in [0.3, 0.4) is 0 Å². The standard InChI is InChI=1S/C32H37F5O2/c1-6-11-13-21(8-3)19-38-26-18-24(15-16-25-28(33)30(35)32(37)31(36)29(25)34)27(17-23(26)10-5)39-20-22(9-4)14-12-7-2/h5,17-18,21-22H,6-9,11-14,19-20H2,1-4H3. The summed E-state index contributed by atoms with van der Waals surface area (Å²) in [5.74, 6) is -1.95. The highest BCUT2D eigenvalue weighted by molar-refractivity contribution is 5.59. The highest BCUT2D eigenvalue weighted by Crippen LogP contribution is 2.31. The quantitative estimate of drug-likeness (QED) is 0.102. The minimum absolute atomic E-state index is 0.167. The average molecular weight is 549 g/mol. The van der Waals surface area contributed by atoms with E-state index < -0.39 is 34.6 Å². The monoisotopic (exact) mass is 548 g/mol. The van der Waals surface area contributed by atoms with Gasteiger partial charge in [-0.3, -0.25) is 0 Å². The predicted molar refractivity (Wildman–Crippen MR) is 144 cm³/mol. The molecule has 0 aromatic heterocycles. The summed E-state index contributed by atoms with van der Waals surface area (Å²) in [5.41, 5.74) is -0.639. The van der Waals surface area contributed by atoms with Crippen molar-refractivity contribution in [3.8, 4) is 35.7 Å². The maximum atomic E-state index is 14.3. The number of benzene rings is 2. The van der Waals surface area contributed by atoms with Crippen molar-refractivity contribution < 1.29 is 31.4 Å². The molecule has 0 saturated heterocycles. The molecule has 0 fully saturated rings. The molecule has 2 nitrogen and oxygen atoms in total. The van der Waals surface area contributed by atoms with Gasteiger partial charge in [-0.05, 0) is 24.7 Å². The number of unbranched alkanes of at least 4 members (excludes halogenated alkanes) is 2. The summed E-state index contributed by atoms with van der Waals surface area (Å²) >= 11 is 0. The summed E-state index contributed by atoms with van der Waals surface area (Å²) in [6.45, 7) is 9.11. The number of ether oxygens (including phenoxy) is 2. The molecule has 0 heterocycles. The van der Waals surface area contributed by atoms with Gasteiger partial charge in [-0.1, -0.05) is 84.0 Å². The Balaban J connectivity index is 2.53. The third kappa shape index (κ3) is 8.65. The first kappa shape index (κ1) is 32.0. The third-order valence-electron chi connectivity index (χ3n) is 6.80. The van der Waals surface area contributed by atoms with Gasteiger partial charge in [0.2, 0.25) is 5.82 Å². The molecule has 39 heavy (non-hydrogen) atoms. The SMILES string of the molecule is C#Cc1cc(OCC(CC)CCCC)c(C#Cc2c(F)c(F)c(F)c(F)c2F)cc1OCC(CC)CCCC. The average Bonchev–Trinajstić information content (AvgIpc) is 2.95. The lowest BCUT2D eigenvalue weighted by molar-refractivity contribution is 0.227. The Morgan fingerprint density at radius 1 is 0.667 bits per heavy atom. The number of terminal acetylenes is 1. The van der Waals surface area contributed by atoms with Gasteiger partial charge in [0.25, 0.3) is 0 Å². The Morgan fingerprint density at radius 2 is 1.10 bits per heavy atom. The minimum Gasteiger partial charge on any atom is -0.492 e. The van der Waals surface area contributed by atoms with E-state index >= 15 is 0 Å². The molecular formula is C32H37F5O2. The molecule has 0 spiro atoms. The lowest BCUT2D eigenvalue weighted by atomic mass is 10.00. The fraction of sp³-hybridized carbons (Fsp3) is 0.500. The highest BCUT2D eigenvalue weighted by atomic mass is 19.2. The van der Waals surface area contributed by atoms with E-state index in [0.29, 0.717) is 30.4 Å². The Hall–Kier alpha value is -3.19. The van der Waals surface area contributed by atoms with Gasteiger partial charge in [0.1, 0.15) is 17.1 Å². The molecule has 2 aromatic rings. The Labute approximate surface area is 229 Å². The Bertz CT molecular complexity index is 1180. The molecule has 2 unspecified atom stereocenters. The van der Waals surface area contributed by atoms with Gasteiger partial charge in [-0.2, -0.15) is 0 Å². The van der Waals surface area contributed by atoms with Crippen LogP contribution in [0.15, 0.2) is 12.1 Å². The Kier molecular flexibility index (Phi) is 13.2. The number of rotatable bonds is 14. The second-order valence-electron chi connectivity index (χ2n) is 9.64. The first-order valence-corrected chi connectivity index (χ1v) is 13.7. The molecule has 0 aliphatic heterocycles. The molecule has 212 valence electrons. The molecule has 0 saturated carbocycles. The fourth-order valence-corrected chi connectivity index (χ4v) is 4.07. The van der Waals surface area contributed by atoms with Crippen molar-refractivity contribution in [2.75, 3.05) is 13.2 Å². The van der Waals surface area contributed by atoms with Gasteiger partial charge in [0.05, 0.1) is 24.3 Å². The zero-order valence-electron chi connectivity index (χ0n) is 23.2. The lowest BCUT2D eigenvalue weighted by Crippen LogP contribution is -2.13. The molecule has 7 heteroatoms. The Morgan fingerprint density at radius 3 is 1.54 bits per heavy atom. The molecule has 2 rings (SSSR count). The van der Waals surface area contributed by atoms with E-state index in [4.69, 9.17) is 15.9 Å². The summed E-state index contributed by atoms with van der Waals surface area (Å²) < 4.78 is 81.6. The zero-order chi connectivity index (χ0) is 28.9. The fourth-order valence-electron chi connectivity index (χ4n) is 4.07. The zero-order valence-corrected chi connectivity index (χ0v) is 23.2. The van der Waals surface area contributed by atoms with Crippen molar-refractivity contribution in [1.82, 2.24) is 0 Å². The van der Waals surface area contributed by atoms with Crippen LogP contribution in [-0.4, -0.2) is 13.2 Å². The van der Waals surface area contributed by atoms with Gasteiger partial charge in [-0.25, -0.2) is 22.0 Å².